The second-order valence-electron chi connectivity index (χ2n) is 7.17. The molecule has 32 heavy (non-hydrogen) atoms. The molecular formula is C18H15F6N7O. The normalized spacial score (nSPS) is 16.7. The molecule has 3 heterocycles. The van der Waals surface area contributed by atoms with Gasteiger partial charge in [-0.15, -0.1) is 0 Å². The zero-order chi connectivity index (χ0) is 23.3. The number of hydrogen-bond donors (Lipinski definition) is 1. The standard InChI is InChI=1S/C18H15F6N7O/c1-30-12(8-14(28-30)18(22,23)24)16(32)26-10-3-2-4-11-15(10)29-31(27-11)9-5-6-25-13(7-9)17(19,20)21/h5-8,10H,2-4H2,1H3,(H,26,32). The Bertz CT molecular complexity index is 1160. The van der Waals surface area contributed by atoms with Gasteiger partial charge in [0.05, 0.1) is 17.4 Å². The molecule has 14 heteroatoms. The van der Waals surface area contributed by atoms with E-state index in [-0.39, 0.29) is 11.4 Å². The molecule has 3 aromatic heterocycles. The molecule has 3 aromatic rings. The van der Waals surface area contributed by atoms with Crippen LogP contribution in [0.15, 0.2) is 24.4 Å². The van der Waals surface area contributed by atoms with Crippen LogP contribution in [-0.2, 0) is 25.8 Å². The van der Waals surface area contributed by atoms with E-state index in [9.17, 15) is 31.1 Å². The first-order valence-corrected chi connectivity index (χ1v) is 9.35. The molecule has 1 N–H and O–H groups in total. The van der Waals surface area contributed by atoms with Crippen LogP contribution in [0.4, 0.5) is 26.3 Å². The minimum atomic E-state index is -4.70. The van der Waals surface area contributed by atoms with Crippen molar-refractivity contribution in [1.82, 2.24) is 35.1 Å². The molecule has 170 valence electrons. The van der Waals surface area contributed by atoms with E-state index < -0.39 is 35.7 Å². The van der Waals surface area contributed by atoms with Crippen molar-refractivity contribution in [2.45, 2.75) is 37.7 Å². The van der Waals surface area contributed by atoms with Gasteiger partial charge < -0.3 is 5.32 Å². The highest BCUT2D eigenvalue weighted by Gasteiger charge is 2.36. The Morgan fingerprint density at radius 1 is 1.06 bits per heavy atom. The third-order valence-electron chi connectivity index (χ3n) is 4.92. The van der Waals surface area contributed by atoms with Gasteiger partial charge >= 0.3 is 12.4 Å². The molecule has 0 aliphatic heterocycles. The summed E-state index contributed by atoms with van der Waals surface area (Å²) in [6.07, 6.45) is -6.83. The summed E-state index contributed by atoms with van der Waals surface area (Å²) in [7, 11) is 1.22. The highest BCUT2D eigenvalue weighted by Crippen LogP contribution is 2.31. The molecule has 0 saturated carbocycles. The monoisotopic (exact) mass is 459 g/mol. The van der Waals surface area contributed by atoms with Crippen molar-refractivity contribution in [2.75, 3.05) is 0 Å². The van der Waals surface area contributed by atoms with Crippen LogP contribution < -0.4 is 5.32 Å². The van der Waals surface area contributed by atoms with E-state index in [0.29, 0.717) is 36.7 Å². The third kappa shape index (κ3) is 4.16. The molecule has 1 aliphatic carbocycles. The summed E-state index contributed by atoms with van der Waals surface area (Å²) in [5, 5.41) is 14.4. The summed E-state index contributed by atoms with van der Waals surface area (Å²) >= 11 is 0. The fourth-order valence-electron chi connectivity index (χ4n) is 3.41. The summed E-state index contributed by atoms with van der Waals surface area (Å²) in [6.45, 7) is 0. The van der Waals surface area contributed by atoms with Crippen molar-refractivity contribution >= 4 is 5.91 Å². The first-order valence-electron chi connectivity index (χ1n) is 9.35. The minimum Gasteiger partial charge on any atom is -0.342 e. The van der Waals surface area contributed by atoms with E-state index in [2.05, 4.69) is 25.6 Å². The van der Waals surface area contributed by atoms with Crippen LogP contribution >= 0.6 is 0 Å². The molecule has 1 unspecified atom stereocenters. The van der Waals surface area contributed by atoms with Gasteiger partial charge in [0.2, 0.25) is 0 Å². The summed E-state index contributed by atoms with van der Waals surface area (Å²) in [5.41, 5.74) is -1.74. The summed E-state index contributed by atoms with van der Waals surface area (Å²) in [5.74, 6) is -0.786. The number of aromatic nitrogens is 6. The van der Waals surface area contributed by atoms with Crippen molar-refractivity contribution in [3.05, 3.63) is 52.9 Å². The summed E-state index contributed by atoms with van der Waals surface area (Å²) < 4.78 is 78.3. The number of fused-ring (bicyclic) bond motifs is 1. The summed E-state index contributed by atoms with van der Waals surface area (Å²) in [4.78, 5) is 16.9. The summed E-state index contributed by atoms with van der Waals surface area (Å²) in [6, 6.07) is 2.08. The lowest BCUT2D eigenvalue weighted by atomic mass is 9.96. The van der Waals surface area contributed by atoms with Crippen LogP contribution in [0, 0.1) is 0 Å². The van der Waals surface area contributed by atoms with Crippen LogP contribution in [0.25, 0.3) is 5.69 Å². The van der Waals surface area contributed by atoms with Crippen molar-refractivity contribution < 1.29 is 31.1 Å². The largest absolute Gasteiger partial charge is 0.435 e. The number of pyridine rings is 1. The van der Waals surface area contributed by atoms with Gasteiger partial charge in [0.25, 0.3) is 5.91 Å². The van der Waals surface area contributed by atoms with Gasteiger partial charge in [0.15, 0.2) is 5.69 Å². The number of hydrogen-bond acceptors (Lipinski definition) is 5. The highest BCUT2D eigenvalue weighted by atomic mass is 19.4. The number of carbonyl (C=O) groups is 1. The number of rotatable bonds is 3. The van der Waals surface area contributed by atoms with Crippen LogP contribution in [0.3, 0.4) is 0 Å². The quantitative estimate of drug-likeness (QED) is 0.608. The number of aryl methyl sites for hydroxylation is 2. The van der Waals surface area contributed by atoms with E-state index in [0.717, 1.165) is 21.7 Å². The number of nitrogens with zero attached hydrogens (tertiary/aromatic N) is 6. The fourth-order valence-corrected chi connectivity index (χ4v) is 3.41. The molecule has 0 radical (unpaired) electrons. The lowest BCUT2D eigenvalue weighted by Crippen LogP contribution is -2.32. The number of alkyl halides is 6. The second-order valence-corrected chi connectivity index (χ2v) is 7.17. The predicted molar refractivity (Wildman–Crippen MR) is 95.5 cm³/mol. The van der Waals surface area contributed by atoms with Gasteiger partial charge in [-0.1, -0.05) is 0 Å². The van der Waals surface area contributed by atoms with Crippen molar-refractivity contribution in [3.63, 3.8) is 0 Å². The number of amides is 1. The SMILES string of the molecule is Cn1nc(C(F)(F)F)cc1C(=O)NC1CCCc2nn(-c3ccnc(C(F)(F)F)c3)nc21. The Kier molecular flexibility index (Phi) is 5.17. The third-order valence-corrected chi connectivity index (χ3v) is 4.92. The number of nitrogens with one attached hydrogen (secondary N) is 1. The highest BCUT2D eigenvalue weighted by molar-refractivity contribution is 5.93. The molecule has 0 bridgehead atoms. The minimum absolute atomic E-state index is 0.0354. The Morgan fingerprint density at radius 3 is 2.44 bits per heavy atom. The van der Waals surface area contributed by atoms with Gasteiger partial charge in [0.1, 0.15) is 17.1 Å². The Labute approximate surface area is 176 Å². The average Bonchev–Trinajstić information content (AvgIpc) is 3.32. The van der Waals surface area contributed by atoms with Crippen LogP contribution in [0.2, 0.25) is 0 Å². The molecule has 1 aliphatic rings. The molecule has 8 nitrogen and oxygen atoms in total. The predicted octanol–water partition coefficient (Wildman–Crippen LogP) is 3.24. The van der Waals surface area contributed by atoms with Crippen LogP contribution in [-0.4, -0.2) is 35.7 Å². The Morgan fingerprint density at radius 2 is 1.78 bits per heavy atom. The van der Waals surface area contributed by atoms with E-state index in [1.54, 1.807) is 0 Å². The van der Waals surface area contributed by atoms with Gasteiger partial charge in [-0.3, -0.25) is 14.5 Å². The van der Waals surface area contributed by atoms with Gasteiger partial charge in [-0.25, -0.2) is 0 Å². The zero-order valence-corrected chi connectivity index (χ0v) is 16.4. The first kappa shape index (κ1) is 21.8. The molecule has 0 fully saturated rings. The van der Waals surface area contributed by atoms with Gasteiger partial charge in [0, 0.05) is 19.3 Å². The molecule has 0 saturated heterocycles. The van der Waals surface area contributed by atoms with Gasteiger partial charge in [-0.2, -0.15) is 46.4 Å². The zero-order valence-electron chi connectivity index (χ0n) is 16.4. The van der Waals surface area contributed by atoms with E-state index in [1.807, 2.05) is 0 Å². The van der Waals surface area contributed by atoms with E-state index in [4.69, 9.17) is 0 Å². The molecule has 4 rings (SSSR count). The maximum atomic E-state index is 12.9. The first-order chi connectivity index (χ1) is 14.9. The Balaban J connectivity index is 1.60. The molecule has 1 atom stereocenters. The molecular weight excluding hydrogens is 444 g/mol. The number of halogens is 6. The maximum absolute atomic E-state index is 12.9. The average molecular weight is 459 g/mol. The van der Waals surface area contributed by atoms with Crippen molar-refractivity contribution in [3.8, 4) is 5.69 Å². The van der Waals surface area contributed by atoms with E-state index in [1.165, 1.54) is 13.1 Å². The maximum Gasteiger partial charge on any atom is 0.435 e. The Hall–Kier alpha value is -3.45. The fraction of sp³-hybridized carbons (Fsp3) is 0.389. The molecule has 0 aromatic carbocycles. The lowest BCUT2D eigenvalue weighted by Gasteiger charge is -2.21. The van der Waals surface area contributed by atoms with Crippen LogP contribution in [0.5, 0.6) is 0 Å². The van der Waals surface area contributed by atoms with Crippen molar-refractivity contribution in [2.24, 2.45) is 7.05 Å². The van der Waals surface area contributed by atoms with E-state index >= 15 is 0 Å². The number of carbonyl (C=O) groups excluding carboxylic acids is 1. The van der Waals surface area contributed by atoms with Gasteiger partial charge in [-0.05, 0) is 31.4 Å². The second kappa shape index (κ2) is 7.60. The topological polar surface area (TPSA) is 90.5 Å². The smallest absolute Gasteiger partial charge is 0.342 e. The van der Waals surface area contributed by atoms with Crippen molar-refractivity contribution in [1.29, 1.82) is 0 Å². The molecule has 1 amide bonds. The lowest BCUT2D eigenvalue weighted by molar-refractivity contribution is -0.142. The molecule has 0 spiro atoms. The van der Waals surface area contributed by atoms with Crippen LogP contribution in [0.1, 0.15) is 52.1 Å².